The van der Waals surface area contributed by atoms with Crippen molar-refractivity contribution >= 4 is 5.97 Å². The number of aromatic hydroxyl groups is 1. The van der Waals surface area contributed by atoms with Crippen LogP contribution in [0.4, 0.5) is 0 Å². The summed E-state index contributed by atoms with van der Waals surface area (Å²) in [6, 6.07) is 6.31. The van der Waals surface area contributed by atoms with Crippen LogP contribution in [0.25, 0.3) is 0 Å². The molecule has 1 radical (unpaired) electrons. The van der Waals surface area contributed by atoms with Crippen LogP contribution in [0.3, 0.4) is 0 Å². The Hall–Kier alpha value is -1.51. The van der Waals surface area contributed by atoms with E-state index in [1.54, 1.807) is 12.1 Å². The third-order valence-electron chi connectivity index (χ3n) is 1.78. The van der Waals surface area contributed by atoms with Crippen molar-refractivity contribution < 1.29 is 14.6 Å². The van der Waals surface area contributed by atoms with Crippen molar-refractivity contribution in [2.75, 3.05) is 7.11 Å². The Balaban J connectivity index is 2.83. The first kappa shape index (κ1) is 9.58. The number of hydrogen-bond donors (Lipinski definition) is 1. The lowest BCUT2D eigenvalue weighted by atomic mass is 10.0. The fourth-order valence-electron chi connectivity index (χ4n) is 0.985. The average molecular weight is 179 g/mol. The van der Waals surface area contributed by atoms with E-state index < -0.39 is 5.92 Å². The zero-order valence-corrected chi connectivity index (χ0v) is 7.36. The Labute approximate surface area is 77.0 Å². The topological polar surface area (TPSA) is 46.5 Å². The summed E-state index contributed by atoms with van der Waals surface area (Å²) in [5, 5.41) is 9.00. The molecule has 0 heterocycles. The largest absolute Gasteiger partial charge is 0.508 e. The van der Waals surface area contributed by atoms with Crippen LogP contribution in [0.15, 0.2) is 24.3 Å². The quantitative estimate of drug-likeness (QED) is 0.699. The molecule has 0 unspecified atom stereocenters. The number of phenolic OH excluding ortho intramolecular Hbond substituents is 1. The first-order chi connectivity index (χ1) is 6.15. The van der Waals surface area contributed by atoms with Crippen LogP contribution in [0, 0.1) is 6.92 Å². The first-order valence-corrected chi connectivity index (χ1v) is 3.85. The molecule has 3 heteroatoms. The molecule has 13 heavy (non-hydrogen) atoms. The summed E-state index contributed by atoms with van der Waals surface area (Å²) in [5.41, 5.74) is 0.727. The van der Waals surface area contributed by atoms with Gasteiger partial charge in [-0.25, -0.2) is 0 Å². The van der Waals surface area contributed by atoms with Crippen LogP contribution in [-0.2, 0) is 9.53 Å². The van der Waals surface area contributed by atoms with Gasteiger partial charge in [0.1, 0.15) is 5.75 Å². The molecule has 0 bridgehead atoms. The predicted octanol–water partition coefficient (Wildman–Crippen LogP) is 1.48. The summed E-state index contributed by atoms with van der Waals surface area (Å²) >= 11 is 0. The molecular weight excluding hydrogens is 168 g/mol. The monoisotopic (exact) mass is 179 g/mol. The summed E-state index contributed by atoms with van der Waals surface area (Å²) in [5.74, 6) is -0.753. The molecule has 0 saturated carbocycles. The maximum atomic E-state index is 11.0. The van der Waals surface area contributed by atoms with Crippen molar-refractivity contribution in [2.24, 2.45) is 0 Å². The molecule has 0 saturated heterocycles. The molecule has 0 fully saturated rings. The highest BCUT2D eigenvalue weighted by Gasteiger charge is 2.14. The summed E-state index contributed by atoms with van der Waals surface area (Å²) < 4.78 is 4.53. The maximum Gasteiger partial charge on any atom is 0.313 e. The minimum atomic E-state index is -0.536. The highest BCUT2D eigenvalue weighted by Crippen LogP contribution is 2.18. The van der Waals surface area contributed by atoms with Crippen LogP contribution in [0.2, 0.25) is 0 Å². The van der Waals surface area contributed by atoms with Gasteiger partial charge in [0.25, 0.3) is 0 Å². The zero-order valence-electron chi connectivity index (χ0n) is 7.36. The van der Waals surface area contributed by atoms with Gasteiger partial charge >= 0.3 is 5.97 Å². The van der Waals surface area contributed by atoms with Crippen molar-refractivity contribution in [2.45, 2.75) is 5.92 Å². The minimum Gasteiger partial charge on any atom is -0.508 e. The van der Waals surface area contributed by atoms with E-state index in [9.17, 15) is 4.79 Å². The second kappa shape index (κ2) is 3.94. The molecule has 0 aliphatic heterocycles. The number of carbonyl (C=O) groups excluding carboxylic acids is 1. The van der Waals surface area contributed by atoms with Gasteiger partial charge < -0.3 is 9.84 Å². The van der Waals surface area contributed by atoms with Crippen molar-refractivity contribution in [3.8, 4) is 5.75 Å². The minimum absolute atomic E-state index is 0.167. The number of phenols is 1. The Bertz CT molecular complexity index is 290. The summed E-state index contributed by atoms with van der Waals surface area (Å²) in [6.07, 6.45) is 0. The van der Waals surface area contributed by atoms with E-state index in [0.717, 1.165) is 5.56 Å². The van der Waals surface area contributed by atoms with Crippen molar-refractivity contribution in [1.29, 1.82) is 0 Å². The lowest BCUT2D eigenvalue weighted by molar-refractivity contribution is -0.141. The van der Waals surface area contributed by atoms with Gasteiger partial charge in [-0.05, 0) is 24.6 Å². The molecule has 1 aromatic rings. The molecule has 1 N–H and O–H groups in total. The Morgan fingerprint density at radius 1 is 1.46 bits per heavy atom. The molecule has 1 atom stereocenters. The van der Waals surface area contributed by atoms with Gasteiger partial charge in [0.15, 0.2) is 0 Å². The Kier molecular flexibility index (Phi) is 2.90. The van der Waals surface area contributed by atoms with Gasteiger partial charge in [-0.2, -0.15) is 0 Å². The number of hydrogen-bond acceptors (Lipinski definition) is 3. The van der Waals surface area contributed by atoms with E-state index in [2.05, 4.69) is 11.7 Å². The molecule has 0 aromatic heterocycles. The van der Waals surface area contributed by atoms with Crippen LogP contribution >= 0.6 is 0 Å². The molecule has 3 nitrogen and oxygen atoms in total. The second-order valence-electron chi connectivity index (χ2n) is 2.67. The van der Waals surface area contributed by atoms with E-state index in [-0.39, 0.29) is 11.7 Å². The van der Waals surface area contributed by atoms with Gasteiger partial charge in [0.2, 0.25) is 0 Å². The fraction of sp³-hybridized carbons (Fsp3) is 0.200. The van der Waals surface area contributed by atoms with Gasteiger partial charge in [-0.15, -0.1) is 0 Å². The Morgan fingerprint density at radius 3 is 2.46 bits per heavy atom. The van der Waals surface area contributed by atoms with E-state index >= 15 is 0 Å². The number of methoxy groups -OCH3 is 1. The highest BCUT2D eigenvalue weighted by molar-refractivity contribution is 5.78. The molecular formula is C10H11O3. The number of carbonyl (C=O) groups is 1. The van der Waals surface area contributed by atoms with Crippen LogP contribution < -0.4 is 0 Å². The number of esters is 1. The lowest BCUT2D eigenvalue weighted by Gasteiger charge is -2.08. The summed E-state index contributed by atoms with van der Waals surface area (Å²) in [7, 11) is 1.32. The average Bonchev–Trinajstić information content (AvgIpc) is 2.17. The third-order valence-corrected chi connectivity index (χ3v) is 1.78. The summed E-state index contributed by atoms with van der Waals surface area (Å²) in [4.78, 5) is 11.0. The number of ether oxygens (including phenoxy) is 1. The van der Waals surface area contributed by atoms with Crippen LogP contribution in [0.5, 0.6) is 5.75 Å². The number of benzene rings is 1. The molecule has 1 aromatic carbocycles. The van der Waals surface area contributed by atoms with Crippen molar-refractivity contribution in [3.05, 3.63) is 36.8 Å². The number of rotatable bonds is 2. The molecule has 0 aliphatic rings. The zero-order chi connectivity index (χ0) is 9.84. The second-order valence-corrected chi connectivity index (χ2v) is 2.67. The van der Waals surface area contributed by atoms with Crippen molar-refractivity contribution in [3.63, 3.8) is 0 Å². The van der Waals surface area contributed by atoms with Gasteiger partial charge in [0, 0.05) is 0 Å². The fourth-order valence-corrected chi connectivity index (χ4v) is 0.985. The van der Waals surface area contributed by atoms with Gasteiger partial charge in [0.05, 0.1) is 13.0 Å². The summed E-state index contributed by atoms with van der Waals surface area (Å²) in [6.45, 7) is 3.65. The normalized spacial score (nSPS) is 12.2. The highest BCUT2D eigenvalue weighted by atomic mass is 16.5. The predicted molar refractivity (Wildman–Crippen MR) is 48.2 cm³/mol. The van der Waals surface area contributed by atoms with E-state index in [0.29, 0.717) is 0 Å². The molecule has 1 rings (SSSR count). The van der Waals surface area contributed by atoms with Crippen LogP contribution in [0.1, 0.15) is 11.5 Å². The Morgan fingerprint density at radius 2 is 2.00 bits per heavy atom. The smallest absolute Gasteiger partial charge is 0.313 e. The van der Waals surface area contributed by atoms with Gasteiger partial charge in [-0.3, -0.25) is 4.79 Å². The molecule has 69 valence electrons. The van der Waals surface area contributed by atoms with E-state index in [4.69, 9.17) is 5.11 Å². The standard InChI is InChI=1S/C10H11O3/c1-7(10(12)13-2)8-3-5-9(11)6-4-8/h3-7,11H,1H2,2H3/t7-/m1/s1. The van der Waals surface area contributed by atoms with E-state index in [1.165, 1.54) is 19.2 Å². The SMILES string of the molecule is [CH2][C@@H](C(=O)OC)c1ccc(O)cc1. The van der Waals surface area contributed by atoms with Gasteiger partial charge in [-0.1, -0.05) is 12.1 Å². The molecule has 0 amide bonds. The van der Waals surface area contributed by atoms with E-state index in [1.807, 2.05) is 0 Å². The lowest BCUT2D eigenvalue weighted by Crippen LogP contribution is -2.10. The first-order valence-electron chi connectivity index (χ1n) is 3.85. The molecule has 0 spiro atoms. The third kappa shape index (κ3) is 2.21. The molecule has 0 aliphatic carbocycles. The maximum absolute atomic E-state index is 11.0. The van der Waals surface area contributed by atoms with Crippen molar-refractivity contribution in [1.82, 2.24) is 0 Å². The van der Waals surface area contributed by atoms with Crippen LogP contribution in [-0.4, -0.2) is 18.2 Å².